The molecule has 1 fully saturated rings. The molecule has 2 aromatic carbocycles. The number of benzene rings is 2. The Morgan fingerprint density at radius 2 is 1.72 bits per heavy atom. The molecule has 0 saturated heterocycles. The highest BCUT2D eigenvalue weighted by atomic mass is 19.4. The molecule has 0 N–H and O–H groups in total. The Bertz CT molecular complexity index is 1230. The number of rotatable bonds is 12. The van der Waals surface area contributed by atoms with Gasteiger partial charge in [0.1, 0.15) is 0 Å². The Kier molecular flexibility index (Phi) is 10.6. The molecule has 0 bridgehead atoms. The van der Waals surface area contributed by atoms with Crippen LogP contribution in [0, 0.1) is 0 Å². The molecule has 0 aliphatic heterocycles. The van der Waals surface area contributed by atoms with E-state index in [0.29, 0.717) is 48.0 Å². The van der Waals surface area contributed by atoms with Crippen molar-refractivity contribution in [2.45, 2.75) is 63.5 Å². The zero-order valence-electron chi connectivity index (χ0n) is 21.9. The van der Waals surface area contributed by atoms with Gasteiger partial charge in [0.2, 0.25) is 11.8 Å². The second-order valence-corrected chi connectivity index (χ2v) is 9.32. The molecule has 1 heterocycles. The number of unbranched alkanes of at least 4 members (excludes halogenated alkanes) is 2. The Morgan fingerprint density at radius 3 is 2.36 bits per heavy atom. The molecule has 3 aromatic rings. The normalized spacial score (nSPS) is 12.9. The highest BCUT2D eigenvalue weighted by Crippen LogP contribution is 2.38. The lowest BCUT2D eigenvalue weighted by molar-refractivity contribution is -0.137. The van der Waals surface area contributed by atoms with Gasteiger partial charge in [-0.05, 0) is 61.1 Å². The summed E-state index contributed by atoms with van der Waals surface area (Å²) in [7, 11) is 0. The number of aryl methyl sites for hydroxylation is 1. The van der Waals surface area contributed by atoms with Crippen molar-refractivity contribution in [3.63, 3.8) is 0 Å². The van der Waals surface area contributed by atoms with Gasteiger partial charge in [-0.15, -0.1) is 13.2 Å². The molecule has 1 amide bonds. The van der Waals surface area contributed by atoms with E-state index in [1.807, 2.05) is 0 Å². The van der Waals surface area contributed by atoms with Crippen LogP contribution in [-0.4, -0.2) is 22.6 Å². The molecule has 1 aliphatic rings. The standard InChI is InChI=1S/C28H29F4N3O2.C2H4/c1-19(29)9-16-26(36)35(17-4-2-3-8-25-33-27(34-37-25)21-10-11-21)24-7-5-6-22(18-24)20-12-14-23(15-13-20)28(30,31)32;1-2/h5-7,12-15,18,21H,1-4,8-11,16-17H2;1-2H2. The number of carbonyl (C=O) groups is 1. The number of amides is 1. The van der Waals surface area contributed by atoms with Gasteiger partial charge >= 0.3 is 6.18 Å². The first-order valence-electron chi connectivity index (χ1n) is 12.9. The van der Waals surface area contributed by atoms with Crippen molar-refractivity contribution in [1.29, 1.82) is 0 Å². The van der Waals surface area contributed by atoms with Gasteiger partial charge in [0.05, 0.1) is 11.4 Å². The third kappa shape index (κ3) is 8.90. The number of aromatic nitrogens is 2. The lowest BCUT2D eigenvalue weighted by atomic mass is 10.0. The number of alkyl halides is 3. The summed E-state index contributed by atoms with van der Waals surface area (Å²) in [6.07, 6.45) is 0.736. The molecule has 1 saturated carbocycles. The maximum atomic E-state index is 13.2. The molecule has 1 aliphatic carbocycles. The molecule has 208 valence electrons. The number of carbonyl (C=O) groups excluding carboxylic acids is 1. The molecule has 5 nitrogen and oxygen atoms in total. The van der Waals surface area contributed by atoms with E-state index < -0.39 is 17.6 Å². The molecule has 9 heteroatoms. The Labute approximate surface area is 226 Å². The number of halogens is 4. The van der Waals surface area contributed by atoms with Crippen molar-refractivity contribution in [2.75, 3.05) is 11.4 Å². The summed E-state index contributed by atoms with van der Waals surface area (Å²) in [5.41, 5.74) is 1.17. The first-order chi connectivity index (χ1) is 18.7. The number of anilines is 1. The van der Waals surface area contributed by atoms with Crippen LogP contribution in [-0.2, 0) is 17.4 Å². The van der Waals surface area contributed by atoms with Crippen LogP contribution in [0.1, 0.15) is 68.1 Å². The quantitative estimate of drug-likeness (QED) is 0.131. The van der Waals surface area contributed by atoms with E-state index in [-0.39, 0.29) is 18.7 Å². The Hall–Kier alpha value is -3.75. The summed E-state index contributed by atoms with van der Waals surface area (Å²) in [5.74, 6) is 1.05. The van der Waals surface area contributed by atoms with E-state index in [0.717, 1.165) is 43.6 Å². The molecule has 0 spiro atoms. The maximum absolute atomic E-state index is 13.2. The van der Waals surface area contributed by atoms with Crippen molar-refractivity contribution >= 4 is 11.6 Å². The van der Waals surface area contributed by atoms with Gasteiger partial charge in [0.15, 0.2) is 5.82 Å². The first kappa shape index (κ1) is 29.8. The summed E-state index contributed by atoms with van der Waals surface area (Å²) in [4.78, 5) is 19.0. The van der Waals surface area contributed by atoms with Crippen molar-refractivity contribution in [1.82, 2.24) is 10.1 Å². The monoisotopic (exact) mass is 543 g/mol. The highest BCUT2D eigenvalue weighted by molar-refractivity contribution is 5.94. The second-order valence-electron chi connectivity index (χ2n) is 9.32. The second kappa shape index (κ2) is 13.9. The van der Waals surface area contributed by atoms with Crippen LogP contribution in [0.15, 0.2) is 78.6 Å². The summed E-state index contributed by atoms with van der Waals surface area (Å²) in [6, 6.07) is 12.0. The topological polar surface area (TPSA) is 59.2 Å². The van der Waals surface area contributed by atoms with Crippen LogP contribution in [0.2, 0.25) is 0 Å². The van der Waals surface area contributed by atoms with E-state index in [1.54, 1.807) is 29.2 Å². The van der Waals surface area contributed by atoms with Crippen molar-refractivity contribution in [3.8, 4) is 11.1 Å². The minimum Gasteiger partial charge on any atom is -0.339 e. The third-order valence-electron chi connectivity index (χ3n) is 6.31. The minimum atomic E-state index is -4.41. The van der Waals surface area contributed by atoms with Crippen LogP contribution < -0.4 is 4.90 Å². The van der Waals surface area contributed by atoms with Gasteiger partial charge in [-0.3, -0.25) is 4.79 Å². The van der Waals surface area contributed by atoms with Crippen LogP contribution in [0.3, 0.4) is 0 Å². The van der Waals surface area contributed by atoms with E-state index in [1.165, 1.54) is 12.1 Å². The number of hydrogen-bond acceptors (Lipinski definition) is 4. The molecular weight excluding hydrogens is 510 g/mol. The highest BCUT2D eigenvalue weighted by Gasteiger charge is 2.30. The maximum Gasteiger partial charge on any atom is 0.416 e. The van der Waals surface area contributed by atoms with Gasteiger partial charge in [-0.25, -0.2) is 4.39 Å². The predicted molar refractivity (Wildman–Crippen MR) is 144 cm³/mol. The van der Waals surface area contributed by atoms with E-state index in [4.69, 9.17) is 4.52 Å². The molecule has 4 rings (SSSR count). The molecule has 0 unspecified atom stereocenters. The van der Waals surface area contributed by atoms with Crippen molar-refractivity contribution in [2.24, 2.45) is 0 Å². The smallest absolute Gasteiger partial charge is 0.339 e. The van der Waals surface area contributed by atoms with E-state index in [2.05, 4.69) is 29.9 Å². The first-order valence-corrected chi connectivity index (χ1v) is 12.9. The Balaban J connectivity index is 0.00000205. The summed E-state index contributed by atoms with van der Waals surface area (Å²) in [5, 5.41) is 4.02. The van der Waals surface area contributed by atoms with E-state index in [9.17, 15) is 22.4 Å². The minimum absolute atomic E-state index is 0.0221. The summed E-state index contributed by atoms with van der Waals surface area (Å²) < 4.78 is 57.3. The summed E-state index contributed by atoms with van der Waals surface area (Å²) in [6.45, 7) is 9.65. The van der Waals surface area contributed by atoms with Crippen LogP contribution in [0.5, 0.6) is 0 Å². The van der Waals surface area contributed by atoms with Crippen molar-refractivity contribution < 1.29 is 26.9 Å². The van der Waals surface area contributed by atoms with Gasteiger partial charge in [0.25, 0.3) is 0 Å². The zero-order chi connectivity index (χ0) is 28.4. The third-order valence-corrected chi connectivity index (χ3v) is 6.31. The van der Waals surface area contributed by atoms with Crippen LogP contribution in [0.4, 0.5) is 23.2 Å². The predicted octanol–water partition coefficient (Wildman–Crippen LogP) is 8.44. The lowest BCUT2D eigenvalue weighted by Gasteiger charge is -2.24. The molecule has 1 aromatic heterocycles. The lowest BCUT2D eigenvalue weighted by Crippen LogP contribution is -2.31. The number of nitrogens with zero attached hydrogens (tertiary/aromatic N) is 3. The van der Waals surface area contributed by atoms with Gasteiger partial charge < -0.3 is 9.42 Å². The Morgan fingerprint density at radius 1 is 1.00 bits per heavy atom. The fraction of sp³-hybridized carbons (Fsp3) is 0.367. The average molecular weight is 544 g/mol. The molecule has 39 heavy (non-hydrogen) atoms. The van der Waals surface area contributed by atoms with Gasteiger partial charge in [-0.1, -0.05) is 42.4 Å². The number of hydrogen-bond donors (Lipinski definition) is 0. The number of allylic oxidation sites excluding steroid dienone is 1. The average Bonchev–Trinajstić information content (AvgIpc) is 3.68. The molecular formula is C30H33F4N3O2. The fourth-order valence-electron chi connectivity index (χ4n) is 4.08. The molecule has 0 atom stereocenters. The van der Waals surface area contributed by atoms with Crippen LogP contribution >= 0.6 is 0 Å². The fourth-order valence-corrected chi connectivity index (χ4v) is 4.08. The zero-order valence-corrected chi connectivity index (χ0v) is 21.9. The van der Waals surface area contributed by atoms with Gasteiger partial charge in [-0.2, -0.15) is 18.2 Å². The van der Waals surface area contributed by atoms with E-state index >= 15 is 0 Å². The largest absolute Gasteiger partial charge is 0.416 e. The molecule has 0 radical (unpaired) electrons. The SMILES string of the molecule is C=C.C=C(F)CCC(=O)N(CCCCCc1nc(C2CC2)no1)c1cccc(-c2ccc(C(F)(F)F)cc2)c1. The summed E-state index contributed by atoms with van der Waals surface area (Å²) >= 11 is 0. The van der Waals surface area contributed by atoms with Crippen molar-refractivity contribution in [3.05, 3.63) is 91.4 Å². The van der Waals surface area contributed by atoms with Gasteiger partial charge in [0, 0.05) is 37.4 Å². The van der Waals surface area contributed by atoms with Crippen LogP contribution in [0.25, 0.3) is 11.1 Å².